The first-order valence-electron chi connectivity index (χ1n) is 6.68. The number of nitrogens with two attached hydrogens (primary N) is 1. The third-order valence-electron chi connectivity index (χ3n) is 4.08. The van der Waals surface area contributed by atoms with Gasteiger partial charge in [0.05, 0.1) is 17.2 Å². The van der Waals surface area contributed by atoms with E-state index in [0.29, 0.717) is 24.5 Å². The fourth-order valence-corrected chi connectivity index (χ4v) is 4.91. The smallest absolute Gasteiger partial charge is 0.356 e. The van der Waals surface area contributed by atoms with Gasteiger partial charge in [0, 0.05) is 18.5 Å². The zero-order valence-corrected chi connectivity index (χ0v) is 11.8. The molecule has 0 radical (unpaired) electrons. The van der Waals surface area contributed by atoms with E-state index in [2.05, 4.69) is 4.98 Å². The molecule has 0 aromatic carbocycles. The normalized spacial score (nSPS) is 28.2. The van der Waals surface area contributed by atoms with Crippen molar-refractivity contribution in [2.24, 2.45) is 5.73 Å². The Hall–Kier alpha value is -1.41. The van der Waals surface area contributed by atoms with Crippen molar-refractivity contribution in [2.75, 3.05) is 11.5 Å². The molecule has 3 heterocycles. The van der Waals surface area contributed by atoms with Crippen molar-refractivity contribution in [1.82, 2.24) is 9.55 Å². The predicted octanol–water partition coefficient (Wildman–Crippen LogP) is 0.277. The number of hydrogen-bond donors (Lipinski definition) is 2. The highest BCUT2D eigenvalue weighted by atomic mass is 32.2. The van der Waals surface area contributed by atoms with Crippen molar-refractivity contribution >= 4 is 15.8 Å². The van der Waals surface area contributed by atoms with Crippen molar-refractivity contribution in [1.29, 1.82) is 0 Å². The van der Waals surface area contributed by atoms with Crippen LogP contribution in [0, 0.1) is 0 Å². The van der Waals surface area contributed by atoms with E-state index < -0.39 is 15.8 Å². The molecular weight excluding hydrogens is 282 g/mol. The molecule has 0 aliphatic carbocycles. The van der Waals surface area contributed by atoms with Crippen LogP contribution >= 0.6 is 0 Å². The minimum atomic E-state index is -3.03. The molecule has 1 aromatic heterocycles. The van der Waals surface area contributed by atoms with E-state index in [1.54, 1.807) is 0 Å². The van der Waals surface area contributed by atoms with Crippen LogP contribution in [0.4, 0.5) is 0 Å². The number of fused-ring (bicyclic) bond motifs is 1. The maximum atomic E-state index is 11.6. The van der Waals surface area contributed by atoms with Gasteiger partial charge in [-0.3, -0.25) is 0 Å². The van der Waals surface area contributed by atoms with E-state index >= 15 is 0 Å². The van der Waals surface area contributed by atoms with Crippen LogP contribution in [0.15, 0.2) is 0 Å². The average Bonchev–Trinajstić information content (AvgIpc) is 2.90. The standard InChI is InChI=1S/C12H17N3O4S/c13-8-2-1-4-15-10(8)9(12(16)17)14-11(15)7-3-5-20(18,19)6-7/h7-8H,1-6,13H2,(H,16,17). The number of aromatic carboxylic acids is 1. The molecule has 20 heavy (non-hydrogen) atoms. The second kappa shape index (κ2) is 4.56. The Morgan fingerprint density at radius 2 is 2.15 bits per heavy atom. The Morgan fingerprint density at radius 3 is 2.75 bits per heavy atom. The molecule has 1 fully saturated rings. The molecule has 1 aromatic rings. The Labute approximate surface area is 116 Å². The zero-order chi connectivity index (χ0) is 14.5. The van der Waals surface area contributed by atoms with E-state index in [-0.39, 0.29) is 29.2 Å². The van der Waals surface area contributed by atoms with Gasteiger partial charge in [0.25, 0.3) is 0 Å². The predicted molar refractivity (Wildman–Crippen MR) is 71.4 cm³/mol. The van der Waals surface area contributed by atoms with Gasteiger partial charge in [-0.05, 0) is 19.3 Å². The van der Waals surface area contributed by atoms with Gasteiger partial charge in [0.15, 0.2) is 15.5 Å². The summed E-state index contributed by atoms with van der Waals surface area (Å²) in [6.45, 7) is 0.662. The minimum absolute atomic E-state index is 0.0171. The van der Waals surface area contributed by atoms with Gasteiger partial charge >= 0.3 is 5.97 Å². The lowest BCUT2D eigenvalue weighted by molar-refractivity contribution is 0.0688. The molecule has 0 spiro atoms. The third kappa shape index (κ3) is 2.12. The summed E-state index contributed by atoms with van der Waals surface area (Å²) in [5.74, 6) is -0.532. The first-order chi connectivity index (χ1) is 9.39. The zero-order valence-electron chi connectivity index (χ0n) is 10.9. The van der Waals surface area contributed by atoms with Crippen LogP contribution in [0.1, 0.15) is 53.2 Å². The van der Waals surface area contributed by atoms with Gasteiger partial charge in [-0.1, -0.05) is 0 Å². The number of sulfone groups is 1. The number of nitrogens with zero attached hydrogens (tertiary/aromatic N) is 2. The van der Waals surface area contributed by atoms with Crippen LogP contribution < -0.4 is 5.73 Å². The Morgan fingerprint density at radius 1 is 1.40 bits per heavy atom. The molecule has 8 heteroatoms. The number of rotatable bonds is 2. The maximum absolute atomic E-state index is 11.6. The molecule has 1 saturated heterocycles. The molecule has 2 unspecified atom stereocenters. The number of carboxylic acid groups (broad SMARTS) is 1. The quantitative estimate of drug-likeness (QED) is 0.810. The summed E-state index contributed by atoms with van der Waals surface area (Å²) in [4.78, 5) is 15.5. The van der Waals surface area contributed by atoms with Crippen LogP contribution in [0.2, 0.25) is 0 Å². The van der Waals surface area contributed by atoms with Crippen molar-refractivity contribution in [3.63, 3.8) is 0 Å². The van der Waals surface area contributed by atoms with Crippen molar-refractivity contribution in [3.8, 4) is 0 Å². The molecule has 3 N–H and O–H groups in total. The Balaban J connectivity index is 2.08. The molecule has 2 aliphatic heterocycles. The first-order valence-corrected chi connectivity index (χ1v) is 8.51. The number of carbonyl (C=O) groups is 1. The second-order valence-corrected chi connectivity index (χ2v) is 7.74. The molecule has 0 amide bonds. The molecular formula is C12H17N3O4S. The summed E-state index contributed by atoms with van der Waals surface area (Å²) in [6.07, 6.45) is 2.09. The van der Waals surface area contributed by atoms with Gasteiger partial charge in [0.1, 0.15) is 5.82 Å². The summed E-state index contributed by atoms with van der Waals surface area (Å²) >= 11 is 0. The topological polar surface area (TPSA) is 115 Å². The van der Waals surface area contributed by atoms with E-state index in [4.69, 9.17) is 5.73 Å². The molecule has 110 valence electrons. The number of imidazole rings is 1. The number of aromatic nitrogens is 2. The van der Waals surface area contributed by atoms with E-state index in [9.17, 15) is 18.3 Å². The molecule has 2 atom stereocenters. The fraction of sp³-hybridized carbons (Fsp3) is 0.667. The fourth-order valence-electron chi connectivity index (χ4n) is 3.17. The number of hydrogen-bond acceptors (Lipinski definition) is 5. The van der Waals surface area contributed by atoms with E-state index in [0.717, 1.165) is 12.8 Å². The minimum Gasteiger partial charge on any atom is -0.476 e. The lowest BCUT2D eigenvalue weighted by atomic mass is 10.0. The van der Waals surface area contributed by atoms with Crippen molar-refractivity contribution in [3.05, 3.63) is 17.2 Å². The summed E-state index contributed by atoms with van der Waals surface area (Å²) in [6, 6.07) is -0.339. The third-order valence-corrected chi connectivity index (χ3v) is 5.85. The SMILES string of the molecule is NC1CCCn2c(C3CCS(=O)(=O)C3)nc(C(=O)O)c21. The van der Waals surface area contributed by atoms with Gasteiger partial charge in [-0.25, -0.2) is 18.2 Å². The van der Waals surface area contributed by atoms with E-state index in [1.165, 1.54) is 0 Å². The van der Waals surface area contributed by atoms with Crippen LogP contribution in [-0.4, -0.2) is 40.6 Å². The molecule has 7 nitrogen and oxygen atoms in total. The average molecular weight is 299 g/mol. The number of carboxylic acids is 1. The first kappa shape index (κ1) is 13.6. The van der Waals surface area contributed by atoms with Crippen LogP contribution in [0.5, 0.6) is 0 Å². The van der Waals surface area contributed by atoms with Crippen molar-refractivity contribution < 1.29 is 18.3 Å². The summed E-state index contributed by atoms with van der Waals surface area (Å²) < 4.78 is 25.1. The van der Waals surface area contributed by atoms with Gasteiger partial charge < -0.3 is 15.4 Å². The monoisotopic (exact) mass is 299 g/mol. The van der Waals surface area contributed by atoms with Crippen LogP contribution in [0.25, 0.3) is 0 Å². The van der Waals surface area contributed by atoms with Gasteiger partial charge in [-0.2, -0.15) is 0 Å². The van der Waals surface area contributed by atoms with Gasteiger partial charge in [-0.15, -0.1) is 0 Å². The largest absolute Gasteiger partial charge is 0.476 e. The molecule has 3 rings (SSSR count). The maximum Gasteiger partial charge on any atom is 0.356 e. The van der Waals surface area contributed by atoms with Gasteiger partial charge in [0.2, 0.25) is 0 Å². The highest BCUT2D eigenvalue weighted by molar-refractivity contribution is 7.91. The van der Waals surface area contributed by atoms with E-state index in [1.807, 2.05) is 4.57 Å². The molecule has 2 aliphatic rings. The highest BCUT2D eigenvalue weighted by Gasteiger charge is 2.36. The van der Waals surface area contributed by atoms with Crippen LogP contribution in [0.3, 0.4) is 0 Å². The Bertz CT molecular complexity index is 664. The molecule has 0 bridgehead atoms. The summed E-state index contributed by atoms with van der Waals surface area (Å²) in [5, 5.41) is 9.27. The second-order valence-electron chi connectivity index (χ2n) is 5.51. The lowest BCUT2D eigenvalue weighted by Gasteiger charge is -2.23. The summed E-state index contributed by atoms with van der Waals surface area (Å²) in [7, 11) is -3.03. The lowest BCUT2D eigenvalue weighted by Crippen LogP contribution is -2.25. The van der Waals surface area contributed by atoms with Crippen LogP contribution in [-0.2, 0) is 16.4 Å². The highest BCUT2D eigenvalue weighted by Crippen LogP contribution is 2.34. The van der Waals surface area contributed by atoms with Crippen molar-refractivity contribution in [2.45, 2.75) is 37.8 Å². The Kier molecular flexibility index (Phi) is 3.09. The summed E-state index contributed by atoms with van der Waals surface area (Å²) in [5.41, 5.74) is 6.54. The molecule has 0 saturated carbocycles.